The molecule has 0 saturated heterocycles. The maximum absolute atomic E-state index is 5.22. The first-order valence-electron chi connectivity index (χ1n) is 4.67. The third-order valence-electron chi connectivity index (χ3n) is 2.10. The van der Waals surface area contributed by atoms with E-state index < -0.39 is 0 Å². The van der Waals surface area contributed by atoms with Gasteiger partial charge in [-0.05, 0) is 31.2 Å². The minimum atomic E-state index is 0.732. The number of anilines is 1. The first-order valence-corrected chi connectivity index (χ1v) is 4.67. The molecule has 0 amide bonds. The van der Waals surface area contributed by atoms with Crippen molar-refractivity contribution < 1.29 is 4.42 Å². The van der Waals surface area contributed by atoms with Crippen LogP contribution in [0.25, 0.3) is 0 Å². The van der Waals surface area contributed by atoms with Gasteiger partial charge in [-0.1, -0.05) is 17.7 Å². The number of rotatable bonds is 3. The lowest BCUT2D eigenvalue weighted by Crippen LogP contribution is -1.97. The van der Waals surface area contributed by atoms with Crippen molar-refractivity contribution in [2.24, 2.45) is 0 Å². The van der Waals surface area contributed by atoms with Gasteiger partial charge in [-0.15, -0.1) is 0 Å². The second-order valence-electron chi connectivity index (χ2n) is 3.30. The molecule has 0 fully saturated rings. The number of furan rings is 1. The van der Waals surface area contributed by atoms with Crippen molar-refractivity contribution in [1.29, 1.82) is 0 Å². The number of hydrogen-bond acceptors (Lipinski definition) is 2. The van der Waals surface area contributed by atoms with E-state index in [1.807, 2.05) is 12.1 Å². The van der Waals surface area contributed by atoms with Gasteiger partial charge in [0.2, 0.25) is 0 Å². The van der Waals surface area contributed by atoms with E-state index in [2.05, 4.69) is 36.5 Å². The zero-order valence-electron chi connectivity index (χ0n) is 8.16. The van der Waals surface area contributed by atoms with Crippen molar-refractivity contribution >= 4 is 5.69 Å². The van der Waals surface area contributed by atoms with Crippen LogP contribution in [0.1, 0.15) is 11.3 Å². The summed E-state index contributed by atoms with van der Waals surface area (Å²) in [5.41, 5.74) is 2.39. The molecule has 1 N–H and O–H groups in total. The van der Waals surface area contributed by atoms with Crippen LogP contribution in [0.4, 0.5) is 5.69 Å². The van der Waals surface area contributed by atoms with Crippen molar-refractivity contribution in [3.8, 4) is 0 Å². The molecule has 0 bridgehead atoms. The van der Waals surface area contributed by atoms with Crippen LogP contribution in [0.2, 0.25) is 0 Å². The third kappa shape index (κ3) is 2.16. The molecule has 0 aliphatic rings. The average Bonchev–Trinajstić information content (AvgIpc) is 2.70. The highest BCUT2D eigenvalue weighted by Crippen LogP contribution is 2.10. The summed E-state index contributed by atoms with van der Waals surface area (Å²) in [7, 11) is 0. The topological polar surface area (TPSA) is 25.2 Å². The number of benzene rings is 1. The van der Waals surface area contributed by atoms with Crippen LogP contribution in [0, 0.1) is 6.92 Å². The summed E-state index contributed by atoms with van der Waals surface area (Å²) in [5.74, 6) is 0.950. The normalized spacial score (nSPS) is 10.1. The first kappa shape index (κ1) is 8.88. The predicted molar refractivity (Wildman–Crippen MR) is 57.2 cm³/mol. The van der Waals surface area contributed by atoms with Crippen molar-refractivity contribution in [1.82, 2.24) is 0 Å². The van der Waals surface area contributed by atoms with Crippen molar-refractivity contribution in [2.45, 2.75) is 13.5 Å². The van der Waals surface area contributed by atoms with Crippen LogP contribution in [-0.2, 0) is 6.54 Å². The van der Waals surface area contributed by atoms with Gasteiger partial charge in [0, 0.05) is 5.69 Å². The third-order valence-corrected chi connectivity index (χ3v) is 2.10. The van der Waals surface area contributed by atoms with Gasteiger partial charge in [-0.2, -0.15) is 0 Å². The van der Waals surface area contributed by atoms with E-state index in [1.54, 1.807) is 6.26 Å². The van der Waals surface area contributed by atoms with E-state index in [-0.39, 0.29) is 0 Å². The monoisotopic (exact) mass is 187 g/mol. The van der Waals surface area contributed by atoms with Crippen LogP contribution in [-0.4, -0.2) is 0 Å². The first-order chi connectivity index (χ1) is 6.84. The van der Waals surface area contributed by atoms with Crippen LogP contribution in [0.5, 0.6) is 0 Å². The molecule has 14 heavy (non-hydrogen) atoms. The summed E-state index contributed by atoms with van der Waals surface area (Å²) < 4.78 is 5.22. The Kier molecular flexibility index (Phi) is 2.54. The maximum atomic E-state index is 5.22. The lowest BCUT2D eigenvalue weighted by atomic mass is 10.2. The second kappa shape index (κ2) is 4.01. The standard InChI is InChI=1S/C12H13NO/c1-10-4-6-11(7-5-10)13-9-12-3-2-8-14-12/h2-8,13H,9H2,1H3. The number of nitrogens with one attached hydrogen (secondary N) is 1. The molecular formula is C12H13NO. The Morgan fingerprint density at radius 2 is 1.93 bits per heavy atom. The molecule has 0 spiro atoms. The van der Waals surface area contributed by atoms with Gasteiger partial charge in [-0.3, -0.25) is 0 Å². The second-order valence-corrected chi connectivity index (χ2v) is 3.30. The van der Waals surface area contributed by atoms with Gasteiger partial charge < -0.3 is 9.73 Å². The summed E-state index contributed by atoms with van der Waals surface area (Å²) in [4.78, 5) is 0. The van der Waals surface area contributed by atoms with Gasteiger partial charge in [0.05, 0.1) is 12.8 Å². The Morgan fingerprint density at radius 1 is 1.14 bits per heavy atom. The van der Waals surface area contributed by atoms with E-state index in [0.29, 0.717) is 0 Å². The zero-order valence-corrected chi connectivity index (χ0v) is 8.16. The van der Waals surface area contributed by atoms with Crippen molar-refractivity contribution in [2.75, 3.05) is 5.32 Å². The fourth-order valence-electron chi connectivity index (χ4n) is 1.27. The molecule has 2 heteroatoms. The molecule has 0 radical (unpaired) electrons. The number of hydrogen-bond donors (Lipinski definition) is 1. The minimum Gasteiger partial charge on any atom is -0.467 e. The fraction of sp³-hybridized carbons (Fsp3) is 0.167. The number of aryl methyl sites for hydroxylation is 1. The lowest BCUT2D eigenvalue weighted by molar-refractivity contribution is 0.518. The highest BCUT2D eigenvalue weighted by Gasteiger charge is 1.95. The summed E-state index contributed by atoms with van der Waals surface area (Å²) in [6.45, 7) is 2.81. The van der Waals surface area contributed by atoms with Crippen molar-refractivity contribution in [3.63, 3.8) is 0 Å². The summed E-state index contributed by atoms with van der Waals surface area (Å²) in [5, 5.41) is 3.28. The van der Waals surface area contributed by atoms with Gasteiger partial charge >= 0.3 is 0 Å². The van der Waals surface area contributed by atoms with E-state index in [4.69, 9.17) is 4.42 Å². The molecule has 2 rings (SSSR count). The molecule has 0 unspecified atom stereocenters. The van der Waals surface area contributed by atoms with Crippen LogP contribution < -0.4 is 5.32 Å². The Balaban J connectivity index is 1.95. The Morgan fingerprint density at radius 3 is 2.57 bits per heavy atom. The smallest absolute Gasteiger partial charge is 0.122 e. The Bertz CT molecular complexity index is 375. The summed E-state index contributed by atoms with van der Waals surface area (Å²) in [6, 6.07) is 12.2. The van der Waals surface area contributed by atoms with Crippen LogP contribution in [0.3, 0.4) is 0 Å². The van der Waals surface area contributed by atoms with Gasteiger partial charge in [0.15, 0.2) is 0 Å². The maximum Gasteiger partial charge on any atom is 0.122 e. The Labute approximate surface area is 83.6 Å². The largest absolute Gasteiger partial charge is 0.467 e. The van der Waals surface area contributed by atoms with Gasteiger partial charge in [0.1, 0.15) is 5.76 Å². The summed E-state index contributed by atoms with van der Waals surface area (Å²) in [6.07, 6.45) is 1.69. The molecule has 1 aromatic carbocycles. The molecule has 0 saturated carbocycles. The summed E-state index contributed by atoms with van der Waals surface area (Å²) >= 11 is 0. The SMILES string of the molecule is Cc1ccc(NCc2ccco2)cc1. The molecule has 0 aliphatic carbocycles. The van der Waals surface area contributed by atoms with Crippen LogP contribution in [0.15, 0.2) is 47.1 Å². The molecular weight excluding hydrogens is 174 g/mol. The molecule has 2 nitrogen and oxygen atoms in total. The van der Waals surface area contributed by atoms with Crippen LogP contribution >= 0.6 is 0 Å². The molecule has 1 aromatic heterocycles. The molecule has 2 aromatic rings. The fourth-order valence-corrected chi connectivity index (χ4v) is 1.27. The average molecular weight is 187 g/mol. The molecule has 1 heterocycles. The zero-order chi connectivity index (χ0) is 9.80. The van der Waals surface area contributed by atoms with Gasteiger partial charge in [-0.25, -0.2) is 0 Å². The lowest BCUT2D eigenvalue weighted by Gasteiger charge is -2.03. The molecule has 0 atom stereocenters. The molecule has 0 aliphatic heterocycles. The van der Waals surface area contributed by atoms with Crippen molar-refractivity contribution in [3.05, 3.63) is 54.0 Å². The van der Waals surface area contributed by atoms with E-state index in [0.717, 1.165) is 18.0 Å². The van der Waals surface area contributed by atoms with E-state index in [1.165, 1.54) is 5.56 Å². The Hall–Kier alpha value is -1.70. The van der Waals surface area contributed by atoms with E-state index in [9.17, 15) is 0 Å². The molecule has 72 valence electrons. The minimum absolute atomic E-state index is 0.732. The highest BCUT2D eigenvalue weighted by molar-refractivity contribution is 5.44. The predicted octanol–water partition coefficient (Wildman–Crippen LogP) is 3.20. The van der Waals surface area contributed by atoms with Gasteiger partial charge in [0.25, 0.3) is 0 Å². The van der Waals surface area contributed by atoms with E-state index >= 15 is 0 Å². The quantitative estimate of drug-likeness (QED) is 0.798. The highest BCUT2D eigenvalue weighted by atomic mass is 16.3.